The van der Waals surface area contributed by atoms with Crippen molar-refractivity contribution >= 4 is 18.0 Å². The van der Waals surface area contributed by atoms with Gasteiger partial charge in [0, 0.05) is 39.8 Å². The van der Waals surface area contributed by atoms with Gasteiger partial charge in [0.25, 0.3) is 5.91 Å². The van der Waals surface area contributed by atoms with Crippen LogP contribution in [0.5, 0.6) is 5.75 Å². The Morgan fingerprint density at radius 1 is 1.00 bits per heavy atom. The van der Waals surface area contributed by atoms with Gasteiger partial charge in [0.05, 0.1) is 13.7 Å². The maximum Gasteiger partial charge on any atom is 0.328 e. The number of carbonyl (C=O) groups excluding carboxylic acids is 2. The van der Waals surface area contributed by atoms with Gasteiger partial charge in [-0.2, -0.15) is 0 Å². The molecule has 2 aromatic rings. The number of methoxy groups -OCH3 is 2. The topological polar surface area (TPSA) is 62.3 Å². The number of hydrogen-bond donors (Lipinski definition) is 0. The molecule has 0 unspecified atom stereocenters. The molecule has 2 aliphatic rings. The van der Waals surface area contributed by atoms with Gasteiger partial charge in [0.15, 0.2) is 0 Å². The lowest BCUT2D eigenvalue weighted by molar-refractivity contribution is -0.135. The summed E-state index contributed by atoms with van der Waals surface area (Å²) in [6, 6.07) is 17.7. The van der Waals surface area contributed by atoms with Crippen LogP contribution in [0.4, 0.5) is 4.79 Å². The molecule has 0 bridgehead atoms. The zero-order chi connectivity index (χ0) is 24.0. The predicted molar refractivity (Wildman–Crippen MR) is 131 cm³/mol. The number of piperidine rings is 1. The Labute approximate surface area is 201 Å². The number of nitrogens with zero attached hydrogens (tertiary/aromatic N) is 3. The van der Waals surface area contributed by atoms with Crippen LogP contribution in [0.15, 0.2) is 60.7 Å². The molecule has 0 aromatic heterocycles. The summed E-state index contributed by atoms with van der Waals surface area (Å²) in [6.07, 6.45) is 5.06. The molecule has 0 saturated carbocycles. The SMILES string of the molecule is COCCN1C(=O)N(C/C=C/c2ccccc2)C(=O)C12CCN(Cc1cccc(OC)c1)CC2. The normalized spacial score (nSPS) is 18.4. The van der Waals surface area contributed by atoms with Crippen molar-refractivity contribution in [3.8, 4) is 5.75 Å². The van der Waals surface area contributed by atoms with Crippen LogP contribution in [0.2, 0.25) is 0 Å². The molecular weight excluding hydrogens is 430 g/mol. The number of carbonyl (C=O) groups is 2. The van der Waals surface area contributed by atoms with E-state index >= 15 is 0 Å². The molecule has 1 spiro atoms. The van der Waals surface area contributed by atoms with Crippen molar-refractivity contribution in [1.82, 2.24) is 14.7 Å². The fraction of sp³-hybridized carbons (Fsp3) is 0.407. The Bertz CT molecular complexity index is 1020. The van der Waals surface area contributed by atoms with Crippen LogP contribution < -0.4 is 4.74 Å². The summed E-state index contributed by atoms with van der Waals surface area (Å²) in [4.78, 5) is 32.4. The molecule has 180 valence electrons. The van der Waals surface area contributed by atoms with E-state index in [1.54, 1.807) is 19.1 Å². The Morgan fingerprint density at radius 3 is 2.47 bits per heavy atom. The molecule has 2 fully saturated rings. The highest BCUT2D eigenvalue weighted by Crippen LogP contribution is 2.37. The third kappa shape index (κ3) is 5.00. The van der Waals surface area contributed by atoms with E-state index in [0.717, 1.165) is 30.9 Å². The molecule has 34 heavy (non-hydrogen) atoms. The van der Waals surface area contributed by atoms with E-state index in [9.17, 15) is 9.59 Å². The Kier molecular flexibility index (Phi) is 7.65. The summed E-state index contributed by atoms with van der Waals surface area (Å²) in [5.41, 5.74) is 1.42. The highest BCUT2D eigenvalue weighted by molar-refractivity contribution is 6.07. The first-order valence-corrected chi connectivity index (χ1v) is 11.8. The molecule has 2 aromatic carbocycles. The van der Waals surface area contributed by atoms with E-state index in [1.807, 2.05) is 60.7 Å². The highest BCUT2D eigenvalue weighted by Gasteiger charge is 2.57. The van der Waals surface area contributed by atoms with Crippen LogP contribution in [0.3, 0.4) is 0 Å². The summed E-state index contributed by atoms with van der Waals surface area (Å²) in [6.45, 7) is 3.36. The van der Waals surface area contributed by atoms with Crippen molar-refractivity contribution in [3.63, 3.8) is 0 Å². The number of ether oxygens (including phenoxy) is 2. The van der Waals surface area contributed by atoms with Crippen LogP contribution in [0.25, 0.3) is 6.08 Å². The first kappa shape index (κ1) is 24.0. The number of amides is 3. The smallest absolute Gasteiger partial charge is 0.328 e. The molecule has 2 aliphatic heterocycles. The Balaban J connectivity index is 1.45. The summed E-state index contributed by atoms with van der Waals surface area (Å²) in [5.74, 6) is 0.750. The van der Waals surface area contributed by atoms with E-state index in [-0.39, 0.29) is 18.5 Å². The number of benzene rings is 2. The van der Waals surface area contributed by atoms with Crippen molar-refractivity contribution in [2.45, 2.75) is 24.9 Å². The standard InChI is InChI=1S/C27H33N3O4/c1-33-19-18-30-26(32)29(15-7-11-22-8-4-3-5-9-22)25(31)27(30)13-16-28(17-14-27)21-23-10-6-12-24(20-23)34-2/h3-12,20H,13-19,21H2,1-2H3/b11-7+. The molecule has 2 saturated heterocycles. The maximum atomic E-state index is 13.6. The van der Waals surface area contributed by atoms with Crippen molar-refractivity contribution < 1.29 is 19.1 Å². The average Bonchev–Trinajstić information content (AvgIpc) is 3.05. The van der Waals surface area contributed by atoms with E-state index in [1.165, 1.54) is 10.5 Å². The zero-order valence-electron chi connectivity index (χ0n) is 20.0. The molecule has 7 nitrogen and oxygen atoms in total. The molecular formula is C27H33N3O4. The van der Waals surface area contributed by atoms with Crippen molar-refractivity contribution in [3.05, 3.63) is 71.8 Å². The van der Waals surface area contributed by atoms with Gasteiger partial charge in [-0.3, -0.25) is 14.6 Å². The van der Waals surface area contributed by atoms with E-state index in [2.05, 4.69) is 11.0 Å². The Morgan fingerprint density at radius 2 is 1.76 bits per heavy atom. The maximum absolute atomic E-state index is 13.6. The second-order valence-electron chi connectivity index (χ2n) is 8.82. The zero-order valence-corrected chi connectivity index (χ0v) is 20.0. The van der Waals surface area contributed by atoms with Crippen LogP contribution in [-0.2, 0) is 16.1 Å². The molecule has 0 radical (unpaired) electrons. The summed E-state index contributed by atoms with van der Waals surface area (Å²) < 4.78 is 10.6. The van der Waals surface area contributed by atoms with Crippen molar-refractivity contribution in [2.75, 3.05) is 47.0 Å². The molecule has 0 aliphatic carbocycles. The van der Waals surface area contributed by atoms with Gasteiger partial charge in [-0.25, -0.2) is 4.79 Å². The third-order valence-electron chi connectivity index (χ3n) is 6.76. The summed E-state index contributed by atoms with van der Waals surface area (Å²) >= 11 is 0. The highest BCUT2D eigenvalue weighted by atomic mass is 16.5. The van der Waals surface area contributed by atoms with Crippen LogP contribution in [0, 0.1) is 0 Å². The lowest BCUT2D eigenvalue weighted by atomic mass is 9.85. The molecule has 0 atom stereocenters. The monoisotopic (exact) mass is 463 g/mol. The first-order chi connectivity index (χ1) is 16.6. The molecule has 2 heterocycles. The number of hydrogen-bond acceptors (Lipinski definition) is 5. The largest absolute Gasteiger partial charge is 0.497 e. The minimum Gasteiger partial charge on any atom is -0.497 e. The molecule has 4 rings (SSSR count). The number of rotatable bonds is 9. The second kappa shape index (κ2) is 10.8. The quantitative estimate of drug-likeness (QED) is 0.531. The lowest BCUT2D eigenvalue weighted by Crippen LogP contribution is -2.57. The van der Waals surface area contributed by atoms with Gasteiger partial charge in [-0.1, -0.05) is 54.6 Å². The van der Waals surface area contributed by atoms with Crippen molar-refractivity contribution in [2.24, 2.45) is 0 Å². The van der Waals surface area contributed by atoms with E-state index in [0.29, 0.717) is 26.0 Å². The van der Waals surface area contributed by atoms with Gasteiger partial charge in [0.1, 0.15) is 11.3 Å². The summed E-state index contributed by atoms with van der Waals surface area (Å²) in [7, 11) is 3.29. The van der Waals surface area contributed by atoms with Crippen LogP contribution >= 0.6 is 0 Å². The second-order valence-corrected chi connectivity index (χ2v) is 8.82. The van der Waals surface area contributed by atoms with Crippen LogP contribution in [0.1, 0.15) is 24.0 Å². The van der Waals surface area contributed by atoms with Crippen LogP contribution in [-0.4, -0.2) is 79.2 Å². The number of likely N-dealkylation sites (tertiary alicyclic amines) is 1. The average molecular weight is 464 g/mol. The Hall–Kier alpha value is -3.16. The van der Waals surface area contributed by atoms with Gasteiger partial charge in [0.2, 0.25) is 0 Å². The summed E-state index contributed by atoms with van der Waals surface area (Å²) in [5, 5.41) is 0. The molecule has 7 heteroatoms. The first-order valence-electron chi connectivity index (χ1n) is 11.8. The molecule has 3 amide bonds. The van der Waals surface area contributed by atoms with E-state index in [4.69, 9.17) is 9.47 Å². The van der Waals surface area contributed by atoms with Gasteiger partial charge >= 0.3 is 6.03 Å². The minimum atomic E-state index is -0.791. The lowest BCUT2D eigenvalue weighted by Gasteiger charge is -2.42. The fourth-order valence-electron chi connectivity index (χ4n) is 4.89. The number of urea groups is 1. The van der Waals surface area contributed by atoms with E-state index < -0.39 is 5.54 Å². The minimum absolute atomic E-state index is 0.0904. The van der Waals surface area contributed by atoms with Gasteiger partial charge in [-0.15, -0.1) is 0 Å². The van der Waals surface area contributed by atoms with Gasteiger partial charge < -0.3 is 14.4 Å². The van der Waals surface area contributed by atoms with Gasteiger partial charge in [-0.05, 0) is 36.1 Å². The third-order valence-corrected chi connectivity index (χ3v) is 6.76. The predicted octanol–water partition coefficient (Wildman–Crippen LogP) is 3.65. The van der Waals surface area contributed by atoms with Crippen molar-refractivity contribution in [1.29, 1.82) is 0 Å². The number of imide groups is 1. The molecule has 0 N–H and O–H groups in total. The fourth-order valence-corrected chi connectivity index (χ4v) is 4.89.